The Morgan fingerprint density at radius 2 is 2.06 bits per heavy atom. The van der Waals surface area contributed by atoms with Crippen LogP contribution in [0.1, 0.15) is 25.3 Å². The van der Waals surface area contributed by atoms with Gasteiger partial charge in [0.25, 0.3) is 0 Å². The van der Waals surface area contributed by atoms with Gasteiger partial charge in [-0.3, -0.25) is 0 Å². The predicted octanol–water partition coefficient (Wildman–Crippen LogP) is 2.44. The zero-order chi connectivity index (χ0) is 11.4. The summed E-state index contributed by atoms with van der Waals surface area (Å²) in [6.07, 6.45) is 3.76. The van der Waals surface area contributed by atoms with E-state index in [0.717, 1.165) is 13.0 Å². The van der Waals surface area contributed by atoms with Gasteiger partial charge in [0.15, 0.2) is 0 Å². The first-order valence-electron chi connectivity index (χ1n) is 6.33. The molecule has 1 heterocycles. The Hall–Kier alpha value is -1.02. The lowest BCUT2D eigenvalue weighted by atomic mass is 10.1. The van der Waals surface area contributed by atoms with Gasteiger partial charge in [-0.1, -0.05) is 19.1 Å². The quantitative estimate of drug-likeness (QED) is 0.835. The Morgan fingerprint density at radius 3 is 2.62 bits per heavy atom. The van der Waals surface area contributed by atoms with Crippen LogP contribution >= 0.6 is 0 Å². The van der Waals surface area contributed by atoms with Crippen LogP contribution in [0.4, 0.5) is 5.69 Å². The Bertz CT molecular complexity index is 312. The zero-order valence-corrected chi connectivity index (χ0v) is 10.4. The summed E-state index contributed by atoms with van der Waals surface area (Å²) < 4.78 is 0. The zero-order valence-electron chi connectivity index (χ0n) is 10.4. The molecule has 2 rings (SSSR count). The molecule has 1 atom stereocenters. The third kappa shape index (κ3) is 2.76. The van der Waals surface area contributed by atoms with E-state index in [1.807, 2.05) is 0 Å². The van der Waals surface area contributed by atoms with Crippen molar-refractivity contribution < 1.29 is 0 Å². The molecule has 0 aliphatic carbocycles. The lowest BCUT2D eigenvalue weighted by Gasteiger charge is -2.23. The number of benzene rings is 1. The first-order chi connectivity index (χ1) is 7.79. The molecular weight excluding hydrogens is 196 g/mol. The van der Waals surface area contributed by atoms with E-state index < -0.39 is 0 Å². The van der Waals surface area contributed by atoms with Gasteiger partial charge in [-0.15, -0.1) is 0 Å². The maximum absolute atomic E-state index is 3.54. The molecule has 88 valence electrons. The SMILES string of the molecule is CCc1ccc(N(C)C[C@H]2CCCN2)cc1. The second-order valence-electron chi connectivity index (χ2n) is 4.69. The number of hydrogen-bond donors (Lipinski definition) is 1. The van der Waals surface area contributed by atoms with E-state index in [2.05, 4.69) is 48.5 Å². The second-order valence-corrected chi connectivity index (χ2v) is 4.69. The highest BCUT2D eigenvalue weighted by Crippen LogP contribution is 2.16. The van der Waals surface area contributed by atoms with Crippen LogP contribution in [-0.2, 0) is 6.42 Å². The summed E-state index contributed by atoms with van der Waals surface area (Å²) in [6.45, 7) is 4.50. The summed E-state index contributed by atoms with van der Waals surface area (Å²) in [6, 6.07) is 9.60. The van der Waals surface area contributed by atoms with E-state index in [9.17, 15) is 0 Å². The highest BCUT2D eigenvalue weighted by atomic mass is 15.1. The predicted molar refractivity (Wildman–Crippen MR) is 70.1 cm³/mol. The minimum absolute atomic E-state index is 0.677. The Balaban J connectivity index is 1.94. The van der Waals surface area contributed by atoms with E-state index in [1.165, 1.54) is 30.6 Å². The van der Waals surface area contributed by atoms with Crippen LogP contribution in [0.5, 0.6) is 0 Å². The Morgan fingerprint density at radius 1 is 1.31 bits per heavy atom. The first kappa shape index (κ1) is 11.5. The van der Waals surface area contributed by atoms with Crippen LogP contribution in [0, 0.1) is 0 Å². The highest BCUT2D eigenvalue weighted by molar-refractivity contribution is 5.47. The van der Waals surface area contributed by atoms with Crippen molar-refractivity contribution in [3.63, 3.8) is 0 Å². The molecule has 2 nitrogen and oxygen atoms in total. The van der Waals surface area contributed by atoms with Gasteiger partial charge in [0, 0.05) is 25.3 Å². The monoisotopic (exact) mass is 218 g/mol. The topological polar surface area (TPSA) is 15.3 Å². The van der Waals surface area contributed by atoms with Crippen LogP contribution in [0.3, 0.4) is 0 Å². The molecule has 1 fully saturated rings. The first-order valence-corrected chi connectivity index (χ1v) is 6.33. The lowest BCUT2D eigenvalue weighted by molar-refractivity contribution is 0.600. The fourth-order valence-corrected chi connectivity index (χ4v) is 2.33. The fourth-order valence-electron chi connectivity index (χ4n) is 2.33. The maximum atomic E-state index is 3.54. The van der Waals surface area contributed by atoms with Gasteiger partial charge < -0.3 is 10.2 Å². The summed E-state index contributed by atoms with van der Waals surface area (Å²) in [5.74, 6) is 0. The Labute approximate surface area is 98.7 Å². The third-order valence-corrected chi connectivity index (χ3v) is 3.44. The molecule has 1 saturated heterocycles. The van der Waals surface area contributed by atoms with Crippen molar-refractivity contribution in [3.8, 4) is 0 Å². The van der Waals surface area contributed by atoms with Crippen LogP contribution < -0.4 is 10.2 Å². The lowest BCUT2D eigenvalue weighted by Crippen LogP contribution is -2.35. The van der Waals surface area contributed by atoms with Gasteiger partial charge in [0.2, 0.25) is 0 Å². The molecular formula is C14H22N2. The molecule has 0 unspecified atom stereocenters. The van der Waals surface area contributed by atoms with Gasteiger partial charge in [0.05, 0.1) is 0 Å². The molecule has 16 heavy (non-hydrogen) atoms. The molecule has 2 heteroatoms. The summed E-state index contributed by atoms with van der Waals surface area (Å²) in [5, 5.41) is 3.54. The minimum atomic E-state index is 0.677. The average molecular weight is 218 g/mol. The molecule has 0 amide bonds. The summed E-state index contributed by atoms with van der Waals surface area (Å²) >= 11 is 0. The number of nitrogens with one attached hydrogen (secondary N) is 1. The summed E-state index contributed by atoms with van der Waals surface area (Å²) in [7, 11) is 2.18. The number of likely N-dealkylation sites (N-methyl/N-ethyl adjacent to an activating group) is 1. The van der Waals surface area contributed by atoms with Crippen molar-refractivity contribution in [2.75, 3.05) is 25.0 Å². The van der Waals surface area contributed by atoms with Gasteiger partial charge in [0.1, 0.15) is 0 Å². The number of nitrogens with zero attached hydrogens (tertiary/aromatic N) is 1. The van der Waals surface area contributed by atoms with Crippen LogP contribution in [0.25, 0.3) is 0 Å². The summed E-state index contributed by atoms with van der Waals surface area (Å²) in [5.41, 5.74) is 2.74. The molecule has 1 N–H and O–H groups in total. The van der Waals surface area contributed by atoms with Crippen LogP contribution in [-0.4, -0.2) is 26.2 Å². The standard InChI is InChI=1S/C14H22N2/c1-3-12-6-8-14(9-7-12)16(2)11-13-5-4-10-15-13/h6-9,13,15H,3-5,10-11H2,1-2H3/t13-/m1/s1. The van der Waals surface area contributed by atoms with Crippen LogP contribution in [0.15, 0.2) is 24.3 Å². The number of rotatable bonds is 4. The van der Waals surface area contributed by atoms with Crippen molar-refractivity contribution in [1.29, 1.82) is 0 Å². The van der Waals surface area contributed by atoms with Crippen molar-refractivity contribution in [3.05, 3.63) is 29.8 Å². The molecule has 1 aliphatic rings. The highest BCUT2D eigenvalue weighted by Gasteiger charge is 2.15. The van der Waals surface area contributed by atoms with Crippen molar-refractivity contribution in [2.24, 2.45) is 0 Å². The number of anilines is 1. The van der Waals surface area contributed by atoms with Gasteiger partial charge in [-0.05, 0) is 43.5 Å². The normalized spacial score (nSPS) is 20.0. The molecule has 0 saturated carbocycles. The molecule has 0 bridgehead atoms. The second kappa shape index (κ2) is 5.35. The molecule has 1 aliphatic heterocycles. The minimum Gasteiger partial charge on any atom is -0.373 e. The van der Waals surface area contributed by atoms with E-state index in [-0.39, 0.29) is 0 Å². The molecule has 0 radical (unpaired) electrons. The van der Waals surface area contributed by atoms with Crippen molar-refractivity contribution in [2.45, 2.75) is 32.2 Å². The van der Waals surface area contributed by atoms with Gasteiger partial charge >= 0.3 is 0 Å². The largest absolute Gasteiger partial charge is 0.373 e. The smallest absolute Gasteiger partial charge is 0.0364 e. The molecule has 0 aromatic heterocycles. The average Bonchev–Trinajstić information content (AvgIpc) is 2.82. The Kier molecular flexibility index (Phi) is 3.83. The molecule has 1 aromatic carbocycles. The van der Waals surface area contributed by atoms with Gasteiger partial charge in [-0.25, -0.2) is 0 Å². The molecule has 0 spiro atoms. The van der Waals surface area contributed by atoms with Crippen molar-refractivity contribution in [1.82, 2.24) is 5.32 Å². The third-order valence-electron chi connectivity index (χ3n) is 3.44. The fraction of sp³-hybridized carbons (Fsp3) is 0.571. The summed E-state index contributed by atoms with van der Waals surface area (Å²) in [4.78, 5) is 2.35. The van der Waals surface area contributed by atoms with E-state index in [1.54, 1.807) is 0 Å². The van der Waals surface area contributed by atoms with E-state index in [4.69, 9.17) is 0 Å². The number of aryl methyl sites for hydroxylation is 1. The number of hydrogen-bond acceptors (Lipinski definition) is 2. The van der Waals surface area contributed by atoms with Crippen molar-refractivity contribution >= 4 is 5.69 Å². The van der Waals surface area contributed by atoms with E-state index in [0.29, 0.717) is 6.04 Å². The van der Waals surface area contributed by atoms with Crippen LogP contribution in [0.2, 0.25) is 0 Å². The van der Waals surface area contributed by atoms with E-state index >= 15 is 0 Å². The molecule has 1 aromatic rings. The maximum Gasteiger partial charge on any atom is 0.0364 e. The van der Waals surface area contributed by atoms with Gasteiger partial charge in [-0.2, -0.15) is 0 Å².